The number of benzene rings is 1. The highest BCUT2D eigenvalue weighted by atomic mass is 32.2. The summed E-state index contributed by atoms with van der Waals surface area (Å²) in [6, 6.07) is 13.3. The Balaban J connectivity index is 1.56. The molecule has 2 heterocycles. The van der Waals surface area contributed by atoms with E-state index < -0.39 is 10.0 Å². The lowest BCUT2D eigenvalue weighted by Gasteiger charge is -2.34. The Morgan fingerprint density at radius 3 is 2.56 bits per heavy atom. The molecule has 2 aromatic rings. The molecule has 0 bridgehead atoms. The van der Waals surface area contributed by atoms with Gasteiger partial charge in [-0.3, -0.25) is 0 Å². The molecule has 0 unspecified atom stereocenters. The van der Waals surface area contributed by atoms with E-state index in [4.69, 9.17) is 4.74 Å². The molecule has 6 nitrogen and oxygen atoms in total. The zero-order chi connectivity index (χ0) is 17.7. The van der Waals surface area contributed by atoms with E-state index >= 15 is 0 Å². The van der Waals surface area contributed by atoms with Crippen LogP contribution in [0, 0.1) is 0 Å². The molecular formula is C18H23N3O3S. The molecular weight excluding hydrogens is 338 g/mol. The number of pyridine rings is 1. The molecule has 0 atom stereocenters. The third-order valence-corrected chi connectivity index (χ3v) is 6.26. The van der Waals surface area contributed by atoms with Crippen LogP contribution in [0.4, 0.5) is 5.82 Å². The predicted molar refractivity (Wildman–Crippen MR) is 98.5 cm³/mol. The minimum Gasteiger partial charge on any atom is -0.497 e. The molecule has 0 N–H and O–H groups in total. The maximum atomic E-state index is 12.6. The summed E-state index contributed by atoms with van der Waals surface area (Å²) in [7, 11) is -1.65. The van der Waals surface area contributed by atoms with Crippen LogP contribution in [0.5, 0.6) is 5.75 Å². The number of anilines is 1. The zero-order valence-corrected chi connectivity index (χ0v) is 15.2. The summed E-state index contributed by atoms with van der Waals surface area (Å²) >= 11 is 0. The maximum absolute atomic E-state index is 12.6. The van der Waals surface area contributed by atoms with E-state index in [2.05, 4.69) is 9.88 Å². The average Bonchev–Trinajstić information content (AvgIpc) is 2.67. The molecule has 0 amide bonds. The van der Waals surface area contributed by atoms with Crippen LogP contribution < -0.4 is 9.64 Å². The molecule has 25 heavy (non-hydrogen) atoms. The zero-order valence-electron chi connectivity index (χ0n) is 14.3. The molecule has 0 spiro atoms. The van der Waals surface area contributed by atoms with Crippen LogP contribution in [0.3, 0.4) is 0 Å². The summed E-state index contributed by atoms with van der Waals surface area (Å²) in [6.07, 6.45) is 2.24. The standard InChI is InChI=1S/C18H23N3O3S/c1-24-17-6-4-5-16(15-17)8-14-25(22,23)21-12-10-20(11-13-21)18-7-2-3-9-19-18/h2-7,9,15H,8,10-14H2,1H3. The topological polar surface area (TPSA) is 62.7 Å². The molecule has 0 radical (unpaired) electrons. The fourth-order valence-electron chi connectivity index (χ4n) is 2.94. The minimum atomic E-state index is -3.26. The summed E-state index contributed by atoms with van der Waals surface area (Å²) in [5.74, 6) is 1.76. The Morgan fingerprint density at radius 2 is 1.88 bits per heavy atom. The van der Waals surface area contributed by atoms with Gasteiger partial charge in [0.15, 0.2) is 0 Å². The number of sulfonamides is 1. The number of hydrogen-bond acceptors (Lipinski definition) is 5. The van der Waals surface area contributed by atoms with Gasteiger partial charge in [0.25, 0.3) is 0 Å². The summed E-state index contributed by atoms with van der Waals surface area (Å²) < 4.78 is 32.0. The lowest BCUT2D eigenvalue weighted by molar-refractivity contribution is 0.383. The third-order valence-electron chi connectivity index (χ3n) is 4.39. The van der Waals surface area contributed by atoms with Gasteiger partial charge in [-0.1, -0.05) is 18.2 Å². The van der Waals surface area contributed by atoms with Crippen molar-refractivity contribution in [3.05, 3.63) is 54.2 Å². The number of piperazine rings is 1. The fourth-order valence-corrected chi connectivity index (χ4v) is 4.41. The number of aromatic nitrogens is 1. The number of nitrogens with zero attached hydrogens (tertiary/aromatic N) is 3. The van der Waals surface area contributed by atoms with Crippen molar-refractivity contribution in [3.63, 3.8) is 0 Å². The van der Waals surface area contributed by atoms with Crippen molar-refractivity contribution >= 4 is 15.8 Å². The van der Waals surface area contributed by atoms with Gasteiger partial charge in [0.05, 0.1) is 12.9 Å². The molecule has 1 aliphatic rings. The molecule has 7 heteroatoms. The maximum Gasteiger partial charge on any atom is 0.214 e. The van der Waals surface area contributed by atoms with Crippen molar-refractivity contribution in [3.8, 4) is 5.75 Å². The average molecular weight is 361 g/mol. The van der Waals surface area contributed by atoms with Gasteiger partial charge in [0.2, 0.25) is 10.0 Å². The molecule has 1 aromatic heterocycles. The number of rotatable bonds is 6. The van der Waals surface area contributed by atoms with Crippen molar-refractivity contribution in [2.45, 2.75) is 6.42 Å². The Hall–Kier alpha value is -2.12. The van der Waals surface area contributed by atoms with Crippen LogP contribution >= 0.6 is 0 Å². The summed E-state index contributed by atoms with van der Waals surface area (Å²) in [5, 5.41) is 0. The van der Waals surface area contributed by atoms with E-state index in [0.29, 0.717) is 32.6 Å². The molecule has 0 saturated carbocycles. The third kappa shape index (κ3) is 4.49. The first kappa shape index (κ1) is 17.7. The molecule has 1 aromatic carbocycles. The van der Waals surface area contributed by atoms with Gasteiger partial charge < -0.3 is 9.64 Å². The Kier molecular flexibility index (Phi) is 5.55. The molecule has 1 fully saturated rings. The summed E-state index contributed by atoms with van der Waals surface area (Å²) in [5.41, 5.74) is 0.968. The molecule has 134 valence electrons. The molecule has 0 aliphatic carbocycles. The number of hydrogen-bond donors (Lipinski definition) is 0. The minimum absolute atomic E-state index is 0.115. The van der Waals surface area contributed by atoms with Crippen LogP contribution in [0.15, 0.2) is 48.7 Å². The highest BCUT2D eigenvalue weighted by Gasteiger charge is 2.27. The van der Waals surface area contributed by atoms with Crippen LogP contribution in [0.25, 0.3) is 0 Å². The van der Waals surface area contributed by atoms with Crippen molar-refractivity contribution < 1.29 is 13.2 Å². The highest BCUT2D eigenvalue weighted by Crippen LogP contribution is 2.17. The van der Waals surface area contributed by atoms with E-state index in [9.17, 15) is 8.42 Å². The van der Waals surface area contributed by atoms with E-state index in [1.54, 1.807) is 17.6 Å². The van der Waals surface area contributed by atoms with Crippen molar-refractivity contribution in [1.29, 1.82) is 0 Å². The largest absolute Gasteiger partial charge is 0.497 e. The SMILES string of the molecule is COc1cccc(CCS(=O)(=O)N2CCN(c3ccccn3)CC2)c1. The quantitative estimate of drug-likeness (QED) is 0.785. The van der Waals surface area contributed by atoms with Gasteiger partial charge in [0, 0.05) is 32.4 Å². The first-order valence-electron chi connectivity index (χ1n) is 8.35. The second kappa shape index (κ2) is 7.84. The van der Waals surface area contributed by atoms with E-state index in [0.717, 1.165) is 17.1 Å². The Labute approximate surface area is 149 Å². The first-order chi connectivity index (χ1) is 12.1. The van der Waals surface area contributed by atoms with Gasteiger partial charge in [-0.2, -0.15) is 4.31 Å². The van der Waals surface area contributed by atoms with Gasteiger partial charge in [-0.05, 0) is 36.2 Å². The number of methoxy groups -OCH3 is 1. The van der Waals surface area contributed by atoms with Crippen molar-refractivity contribution in [2.24, 2.45) is 0 Å². The van der Waals surface area contributed by atoms with Crippen molar-refractivity contribution in [2.75, 3.05) is 43.9 Å². The van der Waals surface area contributed by atoms with Crippen molar-refractivity contribution in [1.82, 2.24) is 9.29 Å². The fraction of sp³-hybridized carbons (Fsp3) is 0.389. The monoisotopic (exact) mass is 361 g/mol. The number of aryl methyl sites for hydroxylation is 1. The molecule has 1 saturated heterocycles. The second-order valence-electron chi connectivity index (χ2n) is 5.99. The summed E-state index contributed by atoms with van der Waals surface area (Å²) in [4.78, 5) is 6.45. The Morgan fingerprint density at radius 1 is 1.08 bits per heavy atom. The smallest absolute Gasteiger partial charge is 0.214 e. The van der Waals surface area contributed by atoms with E-state index in [1.807, 2.05) is 42.5 Å². The molecule has 1 aliphatic heterocycles. The predicted octanol–water partition coefficient (Wildman–Crippen LogP) is 1.78. The number of ether oxygens (including phenoxy) is 1. The summed E-state index contributed by atoms with van der Waals surface area (Å²) in [6.45, 7) is 2.32. The van der Waals surface area contributed by atoms with E-state index in [-0.39, 0.29) is 5.75 Å². The molecule has 3 rings (SSSR count). The van der Waals surface area contributed by atoms with Crippen LogP contribution in [-0.4, -0.2) is 56.7 Å². The lowest BCUT2D eigenvalue weighted by atomic mass is 10.2. The normalized spacial score (nSPS) is 16.0. The lowest BCUT2D eigenvalue weighted by Crippen LogP contribution is -2.49. The van der Waals surface area contributed by atoms with Gasteiger partial charge in [-0.15, -0.1) is 0 Å². The highest BCUT2D eigenvalue weighted by molar-refractivity contribution is 7.89. The van der Waals surface area contributed by atoms with Crippen LogP contribution in [0.2, 0.25) is 0 Å². The van der Waals surface area contributed by atoms with Gasteiger partial charge in [0.1, 0.15) is 11.6 Å². The Bertz CT molecular complexity index is 788. The van der Waals surface area contributed by atoms with Gasteiger partial charge >= 0.3 is 0 Å². The van der Waals surface area contributed by atoms with E-state index in [1.165, 1.54) is 0 Å². The van der Waals surface area contributed by atoms with Gasteiger partial charge in [-0.25, -0.2) is 13.4 Å². The van der Waals surface area contributed by atoms with Crippen LogP contribution in [-0.2, 0) is 16.4 Å². The second-order valence-corrected chi connectivity index (χ2v) is 8.08. The van der Waals surface area contributed by atoms with Crippen LogP contribution in [0.1, 0.15) is 5.56 Å². The first-order valence-corrected chi connectivity index (χ1v) is 9.96.